The van der Waals surface area contributed by atoms with Crippen LogP contribution in [-0.4, -0.2) is 47.3 Å². The number of carbonyl (C=O) groups excluding carboxylic acids is 2. The van der Waals surface area contributed by atoms with E-state index in [9.17, 15) is 14.0 Å². The number of amides is 2. The lowest BCUT2D eigenvalue weighted by molar-refractivity contribution is -0.128. The van der Waals surface area contributed by atoms with Crippen LogP contribution in [0, 0.1) is 5.82 Å². The van der Waals surface area contributed by atoms with Crippen LogP contribution in [0.2, 0.25) is 0 Å². The number of piperidine rings is 1. The minimum absolute atomic E-state index is 0.0234. The summed E-state index contributed by atoms with van der Waals surface area (Å²) in [5, 5.41) is 0.506. The van der Waals surface area contributed by atoms with Crippen LogP contribution in [0.15, 0.2) is 28.9 Å². The molecule has 1 unspecified atom stereocenters. The Labute approximate surface area is 145 Å². The number of benzene rings is 1. The average Bonchev–Trinajstić information content (AvgIpc) is 3.26. The van der Waals surface area contributed by atoms with Crippen molar-refractivity contribution < 1.29 is 18.4 Å². The number of fused-ring (bicyclic) bond motifs is 1. The SMILES string of the molecule is O=C1CCCN1CC1CCCCN1C(=O)c1ccc(F)c2occc12. The van der Waals surface area contributed by atoms with E-state index in [0.717, 1.165) is 32.2 Å². The van der Waals surface area contributed by atoms with Crippen molar-refractivity contribution in [1.29, 1.82) is 0 Å². The lowest BCUT2D eigenvalue weighted by Gasteiger charge is -2.38. The molecule has 132 valence electrons. The number of rotatable bonds is 3. The zero-order valence-corrected chi connectivity index (χ0v) is 14.0. The van der Waals surface area contributed by atoms with Gasteiger partial charge in [-0.25, -0.2) is 4.39 Å². The first-order valence-electron chi connectivity index (χ1n) is 8.89. The normalized spacial score (nSPS) is 21.3. The zero-order chi connectivity index (χ0) is 17.4. The Kier molecular flexibility index (Phi) is 4.19. The van der Waals surface area contributed by atoms with Gasteiger partial charge in [0.2, 0.25) is 5.91 Å². The van der Waals surface area contributed by atoms with Gasteiger partial charge in [0, 0.05) is 37.5 Å². The summed E-state index contributed by atoms with van der Waals surface area (Å²) in [6.07, 6.45) is 5.81. The van der Waals surface area contributed by atoms with Crippen molar-refractivity contribution in [3.8, 4) is 0 Å². The van der Waals surface area contributed by atoms with Crippen molar-refractivity contribution in [1.82, 2.24) is 9.80 Å². The number of furan rings is 1. The number of likely N-dealkylation sites (tertiary alicyclic amines) is 2. The van der Waals surface area contributed by atoms with Crippen LogP contribution >= 0.6 is 0 Å². The van der Waals surface area contributed by atoms with E-state index in [0.29, 0.717) is 30.5 Å². The Morgan fingerprint density at radius 1 is 1.20 bits per heavy atom. The Balaban J connectivity index is 1.61. The van der Waals surface area contributed by atoms with Crippen LogP contribution in [0.25, 0.3) is 11.0 Å². The summed E-state index contributed by atoms with van der Waals surface area (Å²) in [7, 11) is 0. The van der Waals surface area contributed by atoms with Gasteiger partial charge in [-0.2, -0.15) is 0 Å². The van der Waals surface area contributed by atoms with Crippen LogP contribution in [0.5, 0.6) is 0 Å². The number of hydrogen-bond donors (Lipinski definition) is 0. The maximum Gasteiger partial charge on any atom is 0.254 e. The highest BCUT2D eigenvalue weighted by molar-refractivity contribution is 6.06. The van der Waals surface area contributed by atoms with Crippen LogP contribution in [-0.2, 0) is 4.79 Å². The van der Waals surface area contributed by atoms with Crippen LogP contribution in [0.4, 0.5) is 4.39 Å². The van der Waals surface area contributed by atoms with Gasteiger partial charge in [0.05, 0.1) is 11.8 Å². The fourth-order valence-corrected chi connectivity index (χ4v) is 3.98. The van der Waals surface area contributed by atoms with E-state index >= 15 is 0 Å². The molecular weight excluding hydrogens is 323 g/mol. The summed E-state index contributed by atoms with van der Waals surface area (Å²) < 4.78 is 19.0. The molecule has 3 heterocycles. The Morgan fingerprint density at radius 2 is 2.08 bits per heavy atom. The molecule has 2 amide bonds. The molecule has 6 heteroatoms. The molecule has 0 bridgehead atoms. The molecule has 5 nitrogen and oxygen atoms in total. The third kappa shape index (κ3) is 2.90. The minimum atomic E-state index is -0.464. The van der Waals surface area contributed by atoms with Crippen molar-refractivity contribution in [2.75, 3.05) is 19.6 Å². The molecule has 0 spiro atoms. The van der Waals surface area contributed by atoms with Gasteiger partial charge in [-0.3, -0.25) is 9.59 Å². The fraction of sp³-hybridized carbons (Fsp3) is 0.474. The molecule has 2 aromatic rings. The summed E-state index contributed by atoms with van der Waals surface area (Å²) in [4.78, 5) is 28.8. The molecule has 25 heavy (non-hydrogen) atoms. The maximum atomic E-state index is 13.8. The summed E-state index contributed by atoms with van der Waals surface area (Å²) in [5.41, 5.74) is 0.582. The smallest absolute Gasteiger partial charge is 0.254 e. The number of nitrogens with zero attached hydrogens (tertiary/aromatic N) is 2. The first kappa shape index (κ1) is 16.1. The molecule has 0 aliphatic carbocycles. The van der Waals surface area contributed by atoms with Crippen LogP contribution in [0.3, 0.4) is 0 Å². The summed E-state index contributed by atoms with van der Waals surface area (Å²) in [6, 6.07) is 4.47. The monoisotopic (exact) mass is 344 g/mol. The number of hydrogen-bond acceptors (Lipinski definition) is 3. The third-order valence-corrected chi connectivity index (χ3v) is 5.29. The van der Waals surface area contributed by atoms with Crippen LogP contribution < -0.4 is 0 Å². The molecule has 4 rings (SSSR count). The van der Waals surface area contributed by atoms with Gasteiger partial charge in [0.1, 0.15) is 0 Å². The second-order valence-corrected chi connectivity index (χ2v) is 6.85. The predicted octanol–water partition coefficient (Wildman–Crippen LogP) is 3.19. The standard InChI is InChI=1S/C19H21FN2O3/c20-16-7-6-15(14-8-11-25-18(14)16)19(24)22-10-2-1-4-13(22)12-21-9-3-5-17(21)23/h6-8,11,13H,1-5,9-10,12H2. The lowest BCUT2D eigenvalue weighted by atomic mass is 9.99. The Bertz CT molecular complexity index is 816. The first-order chi connectivity index (χ1) is 12.1. The summed E-state index contributed by atoms with van der Waals surface area (Å²) in [5.74, 6) is -0.394. The largest absolute Gasteiger partial charge is 0.461 e. The number of halogens is 1. The predicted molar refractivity (Wildman–Crippen MR) is 90.7 cm³/mol. The van der Waals surface area contributed by atoms with Gasteiger partial charge in [-0.15, -0.1) is 0 Å². The molecule has 0 saturated carbocycles. The van der Waals surface area contributed by atoms with E-state index in [1.807, 2.05) is 9.80 Å². The highest BCUT2D eigenvalue weighted by atomic mass is 19.1. The molecule has 2 aliphatic rings. The zero-order valence-electron chi connectivity index (χ0n) is 14.0. The lowest BCUT2D eigenvalue weighted by Crippen LogP contribution is -2.49. The molecule has 1 aromatic heterocycles. The Hall–Kier alpha value is -2.37. The average molecular weight is 344 g/mol. The summed E-state index contributed by atoms with van der Waals surface area (Å²) >= 11 is 0. The minimum Gasteiger partial charge on any atom is -0.461 e. The van der Waals surface area contributed by atoms with E-state index in [1.54, 1.807) is 6.07 Å². The van der Waals surface area contributed by atoms with Crippen molar-refractivity contribution in [2.24, 2.45) is 0 Å². The van der Waals surface area contributed by atoms with Gasteiger partial charge in [0.25, 0.3) is 5.91 Å². The van der Waals surface area contributed by atoms with E-state index in [4.69, 9.17) is 4.42 Å². The molecular formula is C19H21FN2O3. The van der Waals surface area contributed by atoms with Crippen molar-refractivity contribution >= 4 is 22.8 Å². The van der Waals surface area contributed by atoms with Crippen molar-refractivity contribution in [3.05, 3.63) is 35.8 Å². The van der Waals surface area contributed by atoms with Gasteiger partial charge >= 0.3 is 0 Å². The molecule has 1 atom stereocenters. The van der Waals surface area contributed by atoms with E-state index in [2.05, 4.69) is 0 Å². The Morgan fingerprint density at radius 3 is 2.88 bits per heavy atom. The summed E-state index contributed by atoms with van der Waals surface area (Å²) in [6.45, 7) is 2.04. The quantitative estimate of drug-likeness (QED) is 0.859. The molecule has 2 fully saturated rings. The van der Waals surface area contributed by atoms with Crippen molar-refractivity contribution in [2.45, 2.75) is 38.1 Å². The maximum absolute atomic E-state index is 13.8. The van der Waals surface area contributed by atoms with Crippen LogP contribution in [0.1, 0.15) is 42.5 Å². The molecule has 2 aliphatic heterocycles. The second-order valence-electron chi connectivity index (χ2n) is 6.85. The van der Waals surface area contributed by atoms with Gasteiger partial charge in [0.15, 0.2) is 11.4 Å². The van der Waals surface area contributed by atoms with Crippen molar-refractivity contribution in [3.63, 3.8) is 0 Å². The topological polar surface area (TPSA) is 53.8 Å². The molecule has 0 N–H and O–H groups in total. The second kappa shape index (κ2) is 6.50. The molecule has 2 saturated heterocycles. The first-order valence-corrected chi connectivity index (χ1v) is 8.89. The van der Waals surface area contributed by atoms with E-state index < -0.39 is 5.82 Å². The highest BCUT2D eigenvalue weighted by Gasteiger charge is 2.32. The van der Waals surface area contributed by atoms with E-state index in [1.165, 1.54) is 18.4 Å². The molecule has 1 aromatic carbocycles. The third-order valence-electron chi connectivity index (χ3n) is 5.29. The molecule has 0 radical (unpaired) electrons. The fourth-order valence-electron chi connectivity index (χ4n) is 3.98. The van der Waals surface area contributed by atoms with Gasteiger partial charge < -0.3 is 14.2 Å². The van der Waals surface area contributed by atoms with Gasteiger partial charge in [-0.1, -0.05) is 0 Å². The van der Waals surface area contributed by atoms with E-state index in [-0.39, 0.29) is 23.4 Å². The number of carbonyl (C=O) groups is 2. The highest BCUT2D eigenvalue weighted by Crippen LogP contribution is 2.27. The van der Waals surface area contributed by atoms with Gasteiger partial charge in [-0.05, 0) is 43.9 Å².